The smallest absolute Gasteiger partial charge is 0.305 e. The monoisotopic (exact) mass is 968 g/mol. The highest BCUT2D eigenvalue weighted by atomic mass is 16.5. The maximum Gasteiger partial charge on any atom is 0.305 e. The number of rotatable bonds is 34. The van der Waals surface area contributed by atoms with E-state index in [2.05, 4.69) is 20.7 Å². The molecule has 17 heteroatoms. The van der Waals surface area contributed by atoms with Crippen LogP contribution in [-0.4, -0.2) is 125 Å². The van der Waals surface area contributed by atoms with E-state index in [1.807, 2.05) is 127 Å². The van der Waals surface area contributed by atoms with Crippen molar-refractivity contribution in [2.75, 3.05) is 47.1 Å². The van der Waals surface area contributed by atoms with E-state index in [0.29, 0.717) is 18.8 Å². The molecule has 0 bridgehead atoms. The van der Waals surface area contributed by atoms with Gasteiger partial charge < -0.3 is 49.1 Å². The van der Waals surface area contributed by atoms with Crippen LogP contribution in [0.15, 0.2) is 30.3 Å². The fourth-order valence-electron chi connectivity index (χ4n) is 5.78. The molecule has 1 aromatic carbocycles. The maximum absolute atomic E-state index is 12.4. The maximum atomic E-state index is 12.4. The van der Waals surface area contributed by atoms with Crippen molar-refractivity contribution in [2.24, 2.45) is 23.7 Å². The van der Waals surface area contributed by atoms with Crippen LogP contribution in [0.4, 0.5) is 0 Å². The van der Waals surface area contributed by atoms with E-state index >= 15 is 0 Å². The molecule has 0 aliphatic rings. The second kappa shape index (κ2) is 39.7. The van der Waals surface area contributed by atoms with Gasteiger partial charge in [-0.1, -0.05) is 44.2 Å². The van der Waals surface area contributed by atoms with E-state index in [4.69, 9.17) is 28.4 Å². The summed E-state index contributed by atoms with van der Waals surface area (Å²) in [6, 6.07) is 9.70. The summed E-state index contributed by atoms with van der Waals surface area (Å²) in [6.07, 6.45) is 1.99. The van der Waals surface area contributed by atoms with Crippen LogP contribution in [0, 0.1) is 23.7 Å². The molecule has 0 aliphatic carbocycles. The first-order chi connectivity index (χ1) is 31.9. The van der Waals surface area contributed by atoms with Crippen LogP contribution >= 0.6 is 0 Å². The summed E-state index contributed by atoms with van der Waals surface area (Å²) in [7, 11) is 1.29. The summed E-state index contributed by atoms with van der Waals surface area (Å²) in [5.74, 6) is -2.28. The third-order valence-electron chi connectivity index (χ3n) is 9.26. The number of carbonyl (C=O) groups excluding carboxylic acids is 7. The molecule has 17 nitrogen and oxygen atoms in total. The number of benzene rings is 1. The predicted octanol–water partition coefficient (Wildman–Crippen LogP) is 6.70. The van der Waals surface area contributed by atoms with Gasteiger partial charge in [0.2, 0.25) is 17.7 Å². The highest BCUT2D eigenvalue weighted by Gasteiger charge is 2.25. The van der Waals surface area contributed by atoms with Gasteiger partial charge in [-0.25, -0.2) is 0 Å². The molecule has 0 spiro atoms. The van der Waals surface area contributed by atoms with Crippen molar-refractivity contribution >= 4 is 41.0 Å². The van der Waals surface area contributed by atoms with Gasteiger partial charge in [0.15, 0.2) is 17.3 Å². The Bertz CT molecular complexity index is 1550. The van der Waals surface area contributed by atoms with Gasteiger partial charge in [-0.05, 0) is 114 Å². The van der Waals surface area contributed by atoms with Crippen molar-refractivity contribution in [1.29, 1.82) is 0 Å². The van der Waals surface area contributed by atoms with Crippen LogP contribution in [0.2, 0.25) is 0 Å². The van der Waals surface area contributed by atoms with Gasteiger partial charge in [-0.2, -0.15) is 0 Å². The molecule has 3 amide bonds. The molecule has 0 unspecified atom stereocenters. The number of amides is 3. The topological polar surface area (TPSA) is 220 Å². The average Bonchev–Trinajstić information content (AvgIpc) is 3.25. The molecular weight excluding hydrogens is 879 g/mol. The highest BCUT2D eigenvalue weighted by Crippen LogP contribution is 2.18. The second-order valence-electron chi connectivity index (χ2n) is 18.5. The van der Waals surface area contributed by atoms with Crippen LogP contribution in [0.5, 0.6) is 0 Å². The van der Waals surface area contributed by atoms with Crippen LogP contribution in [0.3, 0.4) is 0 Å². The number of ether oxygens (including phenoxy) is 7. The summed E-state index contributed by atoms with van der Waals surface area (Å²) in [4.78, 5) is 83.9. The number of nitrogens with one attached hydrogen (secondary N) is 3. The molecular formula is C51H89N3O14. The molecule has 0 aromatic heterocycles. The minimum Gasteiger partial charge on any atom is -0.469 e. The van der Waals surface area contributed by atoms with Crippen molar-refractivity contribution in [2.45, 2.75) is 179 Å². The van der Waals surface area contributed by atoms with Gasteiger partial charge in [0, 0.05) is 43.4 Å². The Morgan fingerprint density at radius 2 is 0.794 bits per heavy atom. The number of hydrogen-bond acceptors (Lipinski definition) is 14. The second-order valence-corrected chi connectivity index (χ2v) is 18.5. The van der Waals surface area contributed by atoms with E-state index in [-0.39, 0.29) is 150 Å². The SMILES string of the molecule is CC(C)C[C@H](CC(=O)COC(C)C)C(=O)NCOC(C)C.CC(C)OCNC(=O)[C@@H](CC(=O)COC(C)C)Cc1ccccc1.COC(=O)CC[C@H](CC(=O)COC(C)C)C(=O)NCOC(C)C. The Hall–Kier alpha value is -4.13. The third-order valence-corrected chi connectivity index (χ3v) is 9.26. The molecule has 3 N–H and O–H groups in total. The quantitative estimate of drug-likeness (QED) is 0.0484. The summed E-state index contributed by atoms with van der Waals surface area (Å²) >= 11 is 0. The first-order valence-corrected chi connectivity index (χ1v) is 24.0. The Morgan fingerprint density at radius 3 is 1.15 bits per heavy atom. The number of carbonyl (C=O) groups is 7. The van der Waals surface area contributed by atoms with Gasteiger partial charge in [-0.15, -0.1) is 0 Å². The molecule has 1 rings (SSSR count). The van der Waals surface area contributed by atoms with E-state index < -0.39 is 17.8 Å². The molecule has 0 fully saturated rings. The molecule has 68 heavy (non-hydrogen) atoms. The summed E-state index contributed by atoms with van der Waals surface area (Å²) < 4.78 is 36.4. The van der Waals surface area contributed by atoms with Crippen molar-refractivity contribution < 1.29 is 66.7 Å². The van der Waals surface area contributed by atoms with E-state index in [9.17, 15) is 33.6 Å². The number of esters is 1. The minimum atomic E-state index is -0.604. The lowest BCUT2D eigenvalue weighted by molar-refractivity contribution is -0.142. The number of Topliss-reactive ketones (excluding diaryl/α,β-unsaturated/α-hetero) is 3. The molecule has 392 valence electrons. The zero-order chi connectivity index (χ0) is 52.2. The number of ketones is 3. The third kappa shape index (κ3) is 39.8. The summed E-state index contributed by atoms with van der Waals surface area (Å²) in [5.41, 5.74) is 1.03. The van der Waals surface area contributed by atoms with Crippen LogP contribution in [-0.2, 0) is 73.1 Å². The standard InChI is InChI=1S/C19H29NO4.C16H29NO6.C16H31NO4/c1-14(2)23-12-18(21)11-17(10-16-8-6-5-7-9-16)19(22)20-13-24-15(3)4;1-11(2)22-9-14(18)8-13(6-7-15(19)21-5)16(20)17-10-23-12(3)4;1-11(2)7-14(8-15(18)9-20-12(3)4)16(19)17-10-21-13(5)6/h5-9,14-15,17H,10-13H2,1-4H3,(H,20,22);11-13H,6-10H2,1-5H3,(H,17,20);11-14H,7-10H2,1-6H3,(H,17,19)/t17-;13-;14-/m111/s1. The zero-order valence-corrected chi connectivity index (χ0v) is 44.1. The molecule has 0 radical (unpaired) electrons. The fourth-order valence-corrected chi connectivity index (χ4v) is 5.78. The molecule has 1 aromatic rings. The molecule has 0 aliphatic heterocycles. The van der Waals surface area contributed by atoms with Crippen LogP contribution in [0.25, 0.3) is 0 Å². The van der Waals surface area contributed by atoms with E-state index in [0.717, 1.165) is 5.56 Å². The van der Waals surface area contributed by atoms with Crippen molar-refractivity contribution in [3.63, 3.8) is 0 Å². The van der Waals surface area contributed by atoms with Gasteiger partial charge in [0.25, 0.3) is 0 Å². The van der Waals surface area contributed by atoms with Gasteiger partial charge in [-0.3, -0.25) is 33.6 Å². The van der Waals surface area contributed by atoms with Gasteiger partial charge in [0.1, 0.15) is 40.0 Å². The van der Waals surface area contributed by atoms with Crippen molar-refractivity contribution in [3.8, 4) is 0 Å². The lowest BCUT2D eigenvalue weighted by atomic mass is 9.92. The number of hydrogen-bond donors (Lipinski definition) is 3. The predicted molar refractivity (Wildman–Crippen MR) is 261 cm³/mol. The molecule has 3 atom stereocenters. The average molecular weight is 968 g/mol. The summed E-state index contributed by atoms with van der Waals surface area (Å²) in [6.45, 7) is 27.1. The lowest BCUT2D eigenvalue weighted by Crippen LogP contribution is -2.36. The Balaban J connectivity index is 0. The van der Waals surface area contributed by atoms with Crippen molar-refractivity contribution in [3.05, 3.63) is 35.9 Å². The highest BCUT2D eigenvalue weighted by molar-refractivity contribution is 5.89. The lowest BCUT2D eigenvalue weighted by Gasteiger charge is -2.19. The molecule has 0 saturated carbocycles. The van der Waals surface area contributed by atoms with Crippen molar-refractivity contribution in [1.82, 2.24) is 16.0 Å². The first kappa shape index (κ1) is 66.0. The van der Waals surface area contributed by atoms with Crippen LogP contribution < -0.4 is 16.0 Å². The fraction of sp³-hybridized carbons (Fsp3) is 0.745. The Morgan fingerprint density at radius 1 is 0.456 bits per heavy atom. The molecule has 0 heterocycles. The Kier molecular flexibility index (Phi) is 38.5. The first-order valence-electron chi connectivity index (χ1n) is 24.0. The normalized spacial score (nSPS) is 12.6. The molecule has 0 saturated heterocycles. The van der Waals surface area contributed by atoms with E-state index in [1.54, 1.807) is 0 Å². The van der Waals surface area contributed by atoms with E-state index in [1.165, 1.54) is 7.11 Å². The van der Waals surface area contributed by atoms with Gasteiger partial charge >= 0.3 is 5.97 Å². The van der Waals surface area contributed by atoms with Gasteiger partial charge in [0.05, 0.1) is 43.7 Å². The van der Waals surface area contributed by atoms with Crippen LogP contribution in [0.1, 0.15) is 141 Å². The minimum absolute atomic E-state index is 0.00482. The Labute approximate surface area is 407 Å². The summed E-state index contributed by atoms with van der Waals surface area (Å²) in [5, 5.41) is 8.11. The largest absolute Gasteiger partial charge is 0.469 e. The number of methoxy groups -OCH3 is 1. The zero-order valence-electron chi connectivity index (χ0n) is 44.1.